The van der Waals surface area contributed by atoms with E-state index in [1.165, 1.54) is 11.1 Å². The topological polar surface area (TPSA) is 91.0 Å². The van der Waals surface area contributed by atoms with Crippen LogP contribution in [0, 0.1) is 0 Å². The molecule has 0 saturated carbocycles. The maximum atomic E-state index is 12.1. The number of halogens is 1. The standard InChI is InChI=1S/C21H21BrN6O/c1-23-20(29)16-4-2-3-5-18(16)27-19-17(22)12-25-21(28-19)26-15-7-6-13-8-9-24-11-14(13)10-15/h2-7,10,12,24H,8-9,11H2,1H3,(H,23,29)(H2,25,26,27,28). The van der Waals surface area contributed by atoms with Crippen LogP contribution < -0.4 is 21.3 Å². The average Bonchev–Trinajstić information content (AvgIpc) is 2.76. The van der Waals surface area contributed by atoms with Crippen LogP contribution in [0.4, 0.5) is 23.1 Å². The van der Waals surface area contributed by atoms with E-state index in [0.29, 0.717) is 27.5 Å². The number of nitrogens with zero attached hydrogens (tertiary/aromatic N) is 2. The number of anilines is 4. The number of rotatable bonds is 5. The van der Waals surface area contributed by atoms with E-state index in [1.807, 2.05) is 24.3 Å². The lowest BCUT2D eigenvalue weighted by Crippen LogP contribution is -2.23. The van der Waals surface area contributed by atoms with Crippen LogP contribution >= 0.6 is 15.9 Å². The molecule has 8 heteroatoms. The van der Waals surface area contributed by atoms with Crippen LogP contribution in [0.5, 0.6) is 0 Å². The average molecular weight is 453 g/mol. The Morgan fingerprint density at radius 1 is 1.14 bits per heavy atom. The van der Waals surface area contributed by atoms with E-state index in [0.717, 1.165) is 25.2 Å². The van der Waals surface area contributed by atoms with Gasteiger partial charge in [-0.05, 0) is 64.3 Å². The van der Waals surface area contributed by atoms with Crippen molar-refractivity contribution in [2.75, 3.05) is 24.2 Å². The Labute approximate surface area is 177 Å². The van der Waals surface area contributed by atoms with Gasteiger partial charge in [0.1, 0.15) is 5.82 Å². The van der Waals surface area contributed by atoms with Gasteiger partial charge in [-0.3, -0.25) is 4.79 Å². The van der Waals surface area contributed by atoms with Crippen molar-refractivity contribution in [1.82, 2.24) is 20.6 Å². The summed E-state index contributed by atoms with van der Waals surface area (Å²) in [7, 11) is 1.61. The van der Waals surface area contributed by atoms with Crippen molar-refractivity contribution in [3.05, 3.63) is 69.8 Å². The molecule has 7 nitrogen and oxygen atoms in total. The van der Waals surface area contributed by atoms with Gasteiger partial charge in [0.25, 0.3) is 5.91 Å². The molecule has 0 atom stereocenters. The van der Waals surface area contributed by atoms with Crippen LogP contribution in [0.15, 0.2) is 53.1 Å². The largest absolute Gasteiger partial charge is 0.355 e. The first kappa shape index (κ1) is 19.4. The molecule has 0 bridgehead atoms. The lowest BCUT2D eigenvalue weighted by Gasteiger charge is -2.18. The van der Waals surface area contributed by atoms with Crippen molar-refractivity contribution in [3.8, 4) is 0 Å². The van der Waals surface area contributed by atoms with E-state index in [-0.39, 0.29) is 5.91 Å². The van der Waals surface area contributed by atoms with Crippen molar-refractivity contribution >= 4 is 45.0 Å². The number of benzene rings is 2. The normalized spacial score (nSPS) is 12.8. The molecule has 0 unspecified atom stereocenters. The summed E-state index contributed by atoms with van der Waals surface area (Å²) < 4.78 is 0.699. The summed E-state index contributed by atoms with van der Waals surface area (Å²) >= 11 is 3.48. The summed E-state index contributed by atoms with van der Waals surface area (Å²) in [5.41, 5.74) is 4.80. The van der Waals surface area contributed by atoms with Gasteiger partial charge in [-0.15, -0.1) is 0 Å². The van der Waals surface area contributed by atoms with Crippen LogP contribution in [-0.4, -0.2) is 29.5 Å². The van der Waals surface area contributed by atoms with E-state index < -0.39 is 0 Å². The zero-order chi connectivity index (χ0) is 20.2. The minimum Gasteiger partial charge on any atom is -0.355 e. The molecule has 1 aliphatic heterocycles. The smallest absolute Gasteiger partial charge is 0.253 e. The first-order valence-corrected chi connectivity index (χ1v) is 10.1. The molecule has 29 heavy (non-hydrogen) atoms. The quantitative estimate of drug-likeness (QED) is 0.471. The molecular weight excluding hydrogens is 432 g/mol. The second-order valence-electron chi connectivity index (χ2n) is 6.68. The van der Waals surface area contributed by atoms with Crippen LogP contribution in [0.3, 0.4) is 0 Å². The third-order valence-corrected chi connectivity index (χ3v) is 5.33. The van der Waals surface area contributed by atoms with E-state index >= 15 is 0 Å². The maximum Gasteiger partial charge on any atom is 0.253 e. The van der Waals surface area contributed by atoms with Gasteiger partial charge < -0.3 is 21.3 Å². The summed E-state index contributed by atoms with van der Waals surface area (Å²) in [6.07, 6.45) is 2.73. The van der Waals surface area contributed by atoms with Crippen molar-refractivity contribution in [3.63, 3.8) is 0 Å². The van der Waals surface area contributed by atoms with Crippen LogP contribution in [-0.2, 0) is 13.0 Å². The predicted molar refractivity (Wildman–Crippen MR) is 118 cm³/mol. The molecule has 4 rings (SSSR count). The summed E-state index contributed by atoms with van der Waals surface area (Å²) in [6, 6.07) is 13.6. The van der Waals surface area contributed by atoms with Gasteiger partial charge in [0.15, 0.2) is 0 Å². The minimum absolute atomic E-state index is 0.167. The molecule has 0 aliphatic carbocycles. The summed E-state index contributed by atoms with van der Waals surface area (Å²) in [5, 5.41) is 12.5. The highest BCUT2D eigenvalue weighted by molar-refractivity contribution is 9.10. The van der Waals surface area contributed by atoms with Gasteiger partial charge in [-0.25, -0.2) is 4.98 Å². The molecular formula is C21H21BrN6O. The second kappa shape index (κ2) is 8.59. The molecule has 2 heterocycles. The molecule has 0 radical (unpaired) electrons. The first-order chi connectivity index (χ1) is 14.1. The Bertz CT molecular complexity index is 1060. The summed E-state index contributed by atoms with van der Waals surface area (Å²) in [4.78, 5) is 21.1. The number of aromatic nitrogens is 2. The fourth-order valence-electron chi connectivity index (χ4n) is 3.25. The molecule has 2 aromatic carbocycles. The number of nitrogens with one attached hydrogen (secondary N) is 4. The molecule has 148 valence electrons. The second-order valence-corrected chi connectivity index (χ2v) is 7.53. The van der Waals surface area contributed by atoms with Gasteiger partial charge in [0.05, 0.1) is 15.7 Å². The van der Waals surface area contributed by atoms with Crippen molar-refractivity contribution in [1.29, 1.82) is 0 Å². The first-order valence-electron chi connectivity index (χ1n) is 9.34. The van der Waals surface area contributed by atoms with E-state index in [9.17, 15) is 4.79 Å². The molecule has 0 saturated heterocycles. The molecule has 4 N–H and O–H groups in total. The minimum atomic E-state index is -0.167. The Balaban J connectivity index is 1.58. The van der Waals surface area contributed by atoms with Crippen molar-refractivity contribution in [2.24, 2.45) is 0 Å². The van der Waals surface area contributed by atoms with Crippen LogP contribution in [0.2, 0.25) is 0 Å². The highest BCUT2D eigenvalue weighted by Gasteiger charge is 2.13. The Morgan fingerprint density at radius 2 is 2.00 bits per heavy atom. The number of hydrogen-bond donors (Lipinski definition) is 4. The predicted octanol–water partition coefficient (Wildman–Crippen LogP) is 3.73. The van der Waals surface area contributed by atoms with Crippen molar-refractivity contribution in [2.45, 2.75) is 13.0 Å². The van der Waals surface area contributed by atoms with E-state index in [4.69, 9.17) is 0 Å². The van der Waals surface area contributed by atoms with Crippen LogP contribution in [0.25, 0.3) is 0 Å². The highest BCUT2D eigenvalue weighted by atomic mass is 79.9. The third-order valence-electron chi connectivity index (χ3n) is 4.74. The molecule has 1 amide bonds. The monoisotopic (exact) mass is 452 g/mol. The van der Waals surface area contributed by atoms with Gasteiger partial charge >= 0.3 is 0 Å². The molecule has 0 fully saturated rings. The number of carbonyl (C=O) groups is 1. The number of carbonyl (C=O) groups excluding carboxylic acids is 1. The molecule has 1 aromatic heterocycles. The Kier molecular flexibility index (Phi) is 5.73. The summed E-state index contributed by atoms with van der Waals surface area (Å²) in [5.74, 6) is 0.870. The van der Waals surface area contributed by atoms with Crippen molar-refractivity contribution < 1.29 is 4.79 Å². The van der Waals surface area contributed by atoms with Gasteiger partial charge in [0, 0.05) is 25.5 Å². The third kappa shape index (κ3) is 4.38. The van der Waals surface area contributed by atoms with Gasteiger partial charge in [-0.2, -0.15) is 4.98 Å². The number of para-hydroxylation sites is 1. The lowest BCUT2D eigenvalue weighted by atomic mass is 10.0. The van der Waals surface area contributed by atoms with E-state index in [1.54, 1.807) is 19.3 Å². The zero-order valence-electron chi connectivity index (χ0n) is 15.9. The fraction of sp³-hybridized carbons (Fsp3) is 0.190. The zero-order valence-corrected chi connectivity index (χ0v) is 17.5. The fourth-order valence-corrected chi connectivity index (χ4v) is 3.54. The Hall–Kier alpha value is -2.97. The number of hydrogen-bond acceptors (Lipinski definition) is 6. The molecule has 3 aromatic rings. The molecule has 1 aliphatic rings. The Morgan fingerprint density at radius 3 is 2.86 bits per heavy atom. The van der Waals surface area contributed by atoms with Gasteiger partial charge in [-0.1, -0.05) is 18.2 Å². The number of amides is 1. The van der Waals surface area contributed by atoms with E-state index in [2.05, 4.69) is 59.3 Å². The van der Waals surface area contributed by atoms with Crippen LogP contribution in [0.1, 0.15) is 21.5 Å². The lowest BCUT2D eigenvalue weighted by molar-refractivity contribution is 0.0964. The molecule has 0 spiro atoms. The van der Waals surface area contributed by atoms with Gasteiger partial charge in [0.2, 0.25) is 5.95 Å². The summed E-state index contributed by atoms with van der Waals surface area (Å²) in [6.45, 7) is 1.89. The SMILES string of the molecule is CNC(=O)c1ccccc1Nc1nc(Nc2ccc3c(c2)CNCC3)ncc1Br. The maximum absolute atomic E-state index is 12.1. The highest BCUT2D eigenvalue weighted by Crippen LogP contribution is 2.28. The number of fused-ring (bicyclic) bond motifs is 1.